The summed E-state index contributed by atoms with van der Waals surface area (Å²) >= 11 is 0. The number of aryl methyl sites for hydroxylation is 1. The number of hydrogen-bond donors (Lipinski definition) is 1. The van der Waals surface area contributed by atoms with Gasteiger partial charge in [0.15, 0.2) is 0 Å². The van der Waals surface area contributed by atoms with Gasteiger partial charge in [0, 0.05) is 19.6 Å². The molecular formula is C12H17FN2. The summed E-state index contributed by atoms with van der Waals surface area (Å²) in [5.41, 5.74) is 1.86. The van der Waals surface area contributed by atoms with E-state index in [1.165, 1.54) is 0 Å². The number of nitrogens with zero attached hydrogens (tertiary/aromatic N) is 1. The van der Waals surface area contributed by atoms with Gasteiger partial charge >= 0.3 is 0 Å². The minimum absolute atomic E-state index is 0.109. The van der Waals surface area contributed by atoms with Crippen LogP contribution in [0.25, 0.3) is 0 Å². The molecule has 1 fully saturated rings. The van der Waals surface area contributed by atoms with Gasteiger partial charge in [0.25, 0.3) is 0 Å². The highest BCUT2D eigenvalue weighted by molar-refractivity contribution is 5.50. The van der Waals surface area contributed by atoms with Gasteiger partial charge in [-0.25, -0.2) is 4.39 Å². The molecule has 0 aromatic heterocycles. The first-order valence-electron chi connectivity index (χ1n) is 5.49. The van der Waals surface area contributed by atoms with Crippen LogP contribution in [0.4, 0.5) is 10.1 Å². The Morgan fingerprint density at radius 1 is 1.27 bits per heavy atom. The highest BCUT2D eigenvalue weighted by Gasteiger charge is 2.13. The molecular weight excluding hydrogens is 191 g/mol. The molecule has 1 aliphatic rings. The topological polar surface area (TPSA) is 15.3 Å². The van der Waals surface area contributed by atoms with Crippen molar-refractivity contribution < 1.29 is 4.39 Å². The first-order chi connectivity index (χ1) is 7.27. The van der Waals surface area contributed by atoms with Crippen LogP contribution in [-0.4, -0.2) is 26.2 Å². The van der Waals surface area contributed by atoms with Crippen molar-refractivity contribution in [1.29, 1.82) is 0 Å². The van der Waals surface area contributed by atoms with E-state index < -0.39 is 0 Å². The molecule has 0 unspecified atom stereocenters. The van der Waals surface area contributed by atoms with Crippen LogP contribution in [-0.2, 0) is 0 Å². The molecule has 0 amide bonds. The maximum atomic E-state index is 13.6. The second-order valence-corrected chi connectivity index (χ2v) is 4.05. The first-order valence-corrected chi connectivity index (χ1v) is 5.49. The lowest BCUT2D eigenvalue weighted by molar-refractivity contribution is 0.617. The lowest BCUT2D eigenvalue weighted by atomic mass is 10.2. The van der Waals surface area contributed by atoms with Gasteiger partial charge in [-0.05, 0) is 37.6 Å². The molecule has 0 spiro atoms. The second kappa shape index (κ2) is 4.62. The van der Waals surface area contributed by atoms with E-state index in [0.717, 1.165) is 43.9 Å². The minimum Gasteiger partial charge on any atom is -0.368 e. The Labute approximate surface area is 90.1 Å². The number of hydrogen-bond acceptors (Lipinski definition) is 2. The van der Waals surface area contributed by atoms with Crippen molar-refractivity contribution in [3.63, 3.8) is 0 Å². The van der Waals surface area contributed by atoms with E-state index in [9.17, 15) is 4.39 Å². The maximum Gasteiger partial charge on any atom is 0.146 e. The standard InChI is InChI=1S/C12H17FN2/c1-10-3-4-11(13)12(9-10)15-7-2-5-14-6-8-15/h3-4,9,14H,2,5-8H2,1H3. The molecule has 0 atom stereocenters. The van der Waals surface area contributed by atoms with Crippen molar-refractivity contribution in [2.45, 2.75) is 13.3 Å². The molecule has 1 heterocycles. The monoisotopic (exact) mass is 208 g/mol. The summed E-state index contributed by atoms with van der Waals surface area (Å²) in [5, 5.41) is 3.32. The van der Waals surface area contributed by atoms with E-state index in [4.69, 9.17) is 0 Å². The Hall–Kier alpha value is -1.09. The Morgan fingerprint density at radius 2 is 2.13 bits per heavy atom. The van der Waals surface area contributed by atoms with Gasteiger partial charge in [-0.3, -0.25) is 0 Å². The van der Waals surface area contributed by atoms with Gasteiger partial charge in [0.2, 0.25) is 0 Å². The van der Waals surface area contributed by atoms with E-state index in [0.29, 0.717) is 0 Å². The van der Waals surface area contributed by atoms with Crippen molar-refractivity contribution in [2.24, 2.45) is 0 Å². The van der Waals surface area contributed by atoms with E-state index >= 15 is 0 Å². The van der Waals surface area contributed by atoms with E-state index in [2.05, 4.69) is 10.2 Å². The van der Waals surface area contributed by atoms with Crippen LogP contribution in [0.1, 0.15) is 12.0 Å². The van der Waals surface area contributed by atoms with Gasteiger partial charge in [-0.2, -0.15) is 0 Å². The second-order valence-electron chi connectivity index (χ2n) is 4.05. The van der Waals surface area contributed by atoms with E-state index in [-0.39, 0.29) is 5.82 Å². The molecule has 0 bridgehead atoms. The maximum absolute atomic E-state index is 13.6. The van der Waals surface area contributed by atoms with E-state index in [1.54, 1.807) is 6.07 Å². The zero-order chi connectivity index (χ0) is 10.7. The average Bonchev–Trinajstić information content (AvgIpc) is 2.50. The lowest BCUT2D eigenvalue weighted by Gasteiger charge is -2.23. The third kappa shape index (κ3) is 2.48. The van der Waals surface area contributed by atoms with Crippen LogP contribution in [0.2, 0.25) is 0 Å². The van der Waals surface area contributed by atoms with Crippen LogP contribution >= 0.6 is 0 Å². The summed E-state index contributed by atoms with van der Waals surface area (Å²) in [5.74, 6) is -0.109. The molecule has 1 aliphatic heterocycles. The fraction of sp³-hybridized carbons (Fsp3) is 0.500. The van der Waals surface area contributed by atoms with Crippen LogP contribution in [0.3, 0.4) is 0 Å². The molecule has 0 radical (unpaired) electrons. The van der Waals surface area contributed by atoms with E-state index in [1.807, 2.05) is 19.1 Å². The summed E-state index contributed by atoms with van der Waals surface area (Å²) in [6, 6.07) is 5.30. The zero-order valence-electron chi connectivity index (χ0n) is 9.09. The summed E-state index contributed by atoms with van der Waals surface area (Å²) in [6.07, 6.45) is 1.08. The van der Waals surface area contributed by atoms with Crippen molar-refractivity contribution in [1.82, 2.24) is 5.32 Å². The first kappa shape index (κ1) is 10.4. The number of benzene rings is 1. The van der Waals surface area contributed by atoms with Crippen molar-refractivity contribution in [3.8, 4) is 0 Å². The Morgan fingerprint density at radius 3 is 3.00 bits per heavy atom. The summed E-state index contributed by atoms with van der Waals surface area (Å²) in [7, 11) is 0. The molecule has 0 saturated carbocycles. The average molecular weight is 208 g/mol. The molecule has 82 valence electrons. The summed E-state index contributed by atoms with van der Waals surface area (Å²) < 4.78 is 13.6. The summed E-state index contributed by atoms with van der Waals surface area (Å²) in [6.45, 7) is 5.80. The molecule has 2 rings (SSSR count). The third-order valence-electron chi connectivity index (χ3n) is 2.78. The molecule has 3 heteroatoms. The predicted octanol–water partition coefficient (Wildman–Crippen LogP) is 1.93. The van der Waals surface area contributed by atoms with Crippen LogP contribution < -0.4 is 10.2 Å². The number of halogens is 1. The number of rotatable bonds is 1. The van der Waals surface area contributed by atoms with Gasteiger partial charge in [0.05, 0.1) is 5.69 Å². The van der Waals surface area contributed by atoms with Gasteiger partial charge in [-0.1, -0.05) is 6.07 Å². The Kier molecular flexibility index (Phi) is 3.21. The Balaban J connectivity index is 2.22. The zero-order valence-corrected chi connectivity index (χ0v) is 9.09. The third-order valence-corrected chi connectivity index (χ3v) is 2.78. The molecule has 15 heavy (non-hydrogen) atoms. The van der Waals surface area contributed by atoms with Gasteiger partial charge in [0.1, 0.15) is 5.82 Å². The lowest BCUT2D eigenvalue weighted by Crippen LogP contribution is -2.28. The van der Waals surface area contributed by atoms with Crippen LogP contribution in [0, 0.1) is 12.7 Å². The molecule has 1 N–H and O–H groups in total. The molecule has 1 aromatic rings. The van der Waals surface area contributed by atoms with Crippen molar-refractivity contribution in [3.05, 3.63) is 29.6 Å². The molecule has 0 aliphatic carbocycles. The van der Waals surface area contributed by atoms with Gasteiger partial charge in [-0.15, -0.1) is 0 Å². The SMILES string of the molecule is Cc1ccc(F)c(N2CCCNCC2)c1. The fourth-order valence-electron chi connectivity index (χ4n) is 1.95. The smallest absolute Gasteiger partial charge is 0.146 e. The molecule has 1 aromatic carbocycles. The van der Waals surface area contributed by atoms with Gasteiger partial charge < -0.3 is 10.2 Å². The minimum atomic E-state index is -0.109. The normalized spacial score (nSPS) is 17.6. The predicted molar refractivity (Wildman–Crippen MR) is 60.8 cm³/mol. The van der Waals surface area contributed by atoms with Crippen molar-refractivity contribution in [2.75, 3.05) is 31.1 Å². The Bertz CT molecular complexity index is 330. The van der Waals surface area contributed by atoms with Crippen LogP contribution in [0.15, 0.2) is 18.2 Å². The number of nitrogens with one attached hydrogen (secondary N) is 1. The van der Waals surface area contributed by atoms with Crippen LogP contribution in [0.5, 0.6) is 0 Å². The molecule has 1 saturated heterocycles. The van der Waals surface area contributed by atoms with Crippen molar-refractivity contribution >= 4 is 5.69 Å². The molecule has 2 nitrogen and oxygen atoms in total. The highest BCUT2D eigenvalue weighted by Crippen LogP contribution is 2.21. The quantitative estimate of drug-likeness (QED) is 0.758. The number of anilines is 1. The summed E-state index contributed by atoms with van der Waals surface area (Å²) in [4.78, 5) is 2.13. The fourth-order valence-corrected chi connectivity index (χ4v) is 1.95. The largest absolute Gasteiger partial charge is 0.368 e. The highest BCUT2D eigenvalue weighted by atomic mass is 19.1.